The average molecular weight is 289 g/mol. The molecule has 0 aromatic carbocycles. The zero-order chi connectivity index (χ0) is 14.8. The van der Waals surface area contributed by atoms with Crippen LogP contribution >= 0.6 is 0 Å². The lowest BCUT2D eigenvalue weighted by atomic mass is 10.0. The first-order chi connectivity index (χ1) is 10.1. The average Bonchev–Trinajstić information content (AvgIpc) is 3.12. The van der Waals surface area contributed by atoms with Gasteiger partial charge in [-0.15, -0.1) is 0 Å². The van der Waals surface area contributed by atoms with E-state index in [2.05, 4.69) is 32.8 Å². The van der Waals surface area contributed by atoms with Crippen LogP contribution in [0.1, 0.15) is 36.0 Å². The maximum Gasteiger partial charge on any atom is 0.153 e. The van der Waals surface area contributed by atoms with Gasteiger partial charge < -0.3 is 15.0 Å². The Morgan fingerprint density at radius 1 is 1.48 bits per heavy atom. The van der Waals surface area contributed by atoms with Crippen LogP contribution in [0.4, 0.5) is 0 Å². The van der Waals surface area contributed by atoms with E-state index in [1.165, 1.54) is 5.56 Å². The lowest BCUT2D eigenvalue weighted by Gasteiger charge is -2.14. The molecule has 2 heterocycles. The summed E-state index contributed by atoms with van der Waals surface area (Å²) in [5.74, 6) is 2.23. The van der Waals surface area contributed by atoms with Crippen LogP contribution in [0.3, 0.4) is 0 Å². The second kappa shape index (κ2) is 5.99. The Labute approximate surface area is 124 Å². The fourth-order valence-corrected chi connectivity index (χ4v) is 3.14. The topological polar surface area (TPSA) is 78.8 Å². The molecule has 6 heteroatoms. The third kappa shape index (κ3) is 3.33. The quantitative estimate of drug-likeness (QED) is 0.770. The van der Waals surface area contributed by atoms with Crippen LogP contribution in [0.15, 0.2) is 18.5 Å². The minimum Gasteiger partial charge on any atom is -0.393 e. The number of hydrogen-bond donors (Lipinski definition) is 3. The van der Waals surface area contributed by atoms with Crippen molar-refractivity contribution in [2.75, 3.05) is 6.54 Å². The molecule has 0 bridgehead atoms. The van der Waals surface area contributed by atoms with Crippen molar-refractivity contribution in [3.05, 3.63) is 35.7 Å². The number of hydrogen-bond acceptors (Lipinski definition) is 4. The molecule has 114 valence electrons. The zero-order valence-corrected chi connectivity index (χ0v) is 12.6. The van der Waals surface area contributed by atoms with Gasteiger partial charge in [0.25, 0.3) is 0 Å². The molecule has 3 atom stereocenters. The fraction of sp³-hybridized carbons (Fsp3) is 0.600. The van der Waals surface area contributed by atoms with Crippen LogP contribution in [0.5, 0.6) is 0 Å². The molecule has 1 aliphatic rings. The standard InChI is InChI=1S/C15H23N5O/c1-10-17-15(19-18-10)12-5-13(14(21)6-12)8-16-7-11-3-4-20(2)9-11/h3-4,9,12-14,16,21H,5-8H2,1-2H3,(H,17,18,19)/t12-,13+,14+/m0/s1. The van der Waals surface area contributed by atoms with E-state index in [-0.39, 0.29) is 17.9 Å². The number of aryl methyl sites for hydroxylation is 2. The van der Waals surface area contributed by atoms with Crippen molar-refractivity contribution in [1.29, 1.82) is 0 Å². The van der Waals surface area contributed by atoms with Gasteiger partial charge in [0.15, 0.2) is 5.82 Å². The summed E-state index contributed by atoms with van der Waals surface area (Å²) in [6.45, 7) is 3.57. The molecule has 2 aromatic heterocycles. The minimum atomic E-state index is -0.267. The Balaban J connectivity index is 1.50. The molecule has 21 heavy (non-hydrogen) atoms. The van der Waals surface area contributed by atoms with Crippen LogP contribution in [-0.2, 0) is 13.6 Å². The number of aliphatic hydroxyl groups is 1. The second-order valence-electron chi connectivity index (χ2n) is 6.09. The molecule has 0 radical (unpaired) electrons. The Kier molecular flexibility index (Phi) is 4.07. The molecule has 0 saturated heterocycles. The van der Waals surface area contributed by atoms with E-state index < -0.39 is 0 Å². The third-order valence-corrected chi connectivity index (χ3v) is 4.27. The highest BCUT2D eigenvalue weighted by Crippen LogP contribution is 2.36. The highest BCUT2D eigenvalue weighted by molar-refractivity contribution is 5.09. The van der Waals surface area contributed by atoms with Crippen molar-refractivity contribution < 1.29 is 5.11 Å². The molecule has 6 nitrogen and oxygen atoms in total. The first kappa shape index (κ1) is 14.3. The summed E-state index contributed by atoms with van der Waals surface area (Å²) < 4.78 is 2.04. The highest BCUT2D eigenvalue weighted by Gasteiger charge is 2.35. The summed E-state index contributed by atoms with van der Waals surface area (Å²) >= 11 is 0. The zero-order valence-electron chi connectivity index (χ0n) is 12.6. The van der Waals surface area contributed by atoms with Crippen LogP contribution < -0.4 is 5.32 Å². The van der Waals surface area contributed by atoms with Gasteiger partial charge in [-0.05, 0) is 37.3 Å². The van der Waals surface area contributed by atoms with Crippen LogP contribution in [0.25, 0.3) is 0 Å². The van der Waals surface area contributed by atoms with E-state index in [1.54, 1.807) is 0 Å². The van der Waals surface area contributed by atoms with Gasteiger partial charge in [0, 0.05) is 38.4 Å². The number of nitrogens with one attached hydrogen (secondary N) is 2. The van der Waals surface area contributed by atoms with E-state index >= 15 is 0 Å². The SMILES string of the molecule is Cc1nc([C@H]2C[C@H](CNCc3ccn(C)c3)[C@H](O)C2)n[nH]1. The third-order valence-electron chi connectivity index (χ3n) is 4.27. The number of nitrogens with zero attached hydrogens (tertiary/aromatic N) is 3. The summed E-state index contributed by atoms with van der Waals surface area (Å²) in [5, 5.41) is 20.8. The fourth-order valence-electron chi connectivity index (χ4n) is 3.14. The number of aromatic nitrogens is 4. The van der Waals surface area contributed by atoms with Gasteiger partial charge >= 0.3 is 0 Å². The molecular formula is C15H23N5O. The van der Waals surface area contributed by atoms with E-state index in [0.717, 1.165) is 37.6 Å². The minimum absolute atomic E-state index is 0.267. The molecule has 1 fully saturated rings. The van der Waals surface area contributed by atoms with Gasteiger partial charge in [0.2, 0.25) is 0 Å². The van der Waals surface area contributed by atoms with Crippen molar-refractivity contribution in [3.8, 4) is 0 Å². The molecule has 3 N–H and O–H groups in total. The van der Waals surface area contributed by atoms with Crippen molar-refractivity contribution in [3.63, 3.8) is 0 Å². The largest absolute Gasteiger partial charge is 0.393 e. The van der Waals surface area contributed by atoms with Crippen molar-refractivity contribution in [2.45, 2.75) is 38.3 Å². The van der Waals surface area contributed by atoms with Crippen molar-refractivity contribution in [1.82, 2.24) is 25.1 Å². The molecule has 3 rings (SSSR count). The first-order valence-electron chi connectivity index (χ1n) is 7.50. The number of aromatic amines is 1. The molecular weight excluding hydrogens is 266 g/mol. The molecule has 2 aromatic rings. The number of H-pyrrole nitrogens is 1. The monoisotopic (exact) mass is 289 g/mol. The van der Waals surface area contributed by atoms with Gasteiger partial charge in [0.05, 0.1) is 6.10 Å². The van der Waals surface area contributed by atoms with Crippen LogP contribution in [-0.4, -0.2) is 37.5 Å². The number of rotatable bonds is 5. The molecule has 0 spiro atoms. The Morgan fingerprint density at radius 3 is 3.00 bits per heavy atom. The van der Waals surface area contributed by atoms with E-state index in [0.29, 0.717) is 0 Å². The van der Waals surface area contributed by atoms with Gasteiger partial charge in [-0.2, -0.15) is 5.10 Å². The summed E-state index contributed by atoms with van der Waals surface area (Å²) in [4.78, 5) is 4.39. The molecule has 0 unspecified atom stereocenters. The normalized spacial score (nSPS) is 25.6. The molecule has 1 aliphatic carbocycles. The molecule has 0 aliphatic heterocycles. The molecule has 1 saturated carbocycles. The van der Waals surface area contributed by atoms with E-state index in [4.69, 9.17) is 0 Å². The lowest BCUT2D eigenvalue weighted by molar-refractivity contribution is 0.131. The van der Waals surface area contributed by atoms with Crippen LogP contribution in [0.2, 0.25) is 0 Å². The highest BCUT2D eigenvalue weighted by atomic mass is 16.3. The van der Waals surface area contributed by atoms with Gasteiger partial charge in [0.1, 0.15) is 5.82 Å². The van der Waals surface area contributed by atoms with Crippen molar-refractivity contribution in [2.24, 2.45) is 13.0 Å². The van der Waals surface area contributed by atoms with Crippen molar-refractivity contribution >= 4 is 0 Å². The Morgan fingerprint density at radius 2 is 2.33 bits per heavy atom. The number of aliphatic hydroxyl groups excluding tert-OH is 1. The Hall–Kier alpha value is -1.66. The summed E-state index contributed by atoms with van der Waals surface area (Å²) in [5.41, 5.74) is 1.27. The first-order valence-corrected chi connectivity index (χ1v) is 7.50. The maximum absolute atomic E-state index is 10.2. The summed E-state index contributed by atoms with van der Waals surface area (Å²) in [7, 11) is 2.02. The summed E-state index contributed by atoms with van der Waals surface area (Å²) in [6.07, 6.45) is 5.59. The predicted octanol–water partition coefficient (Wildman–Crippen LogP) is 1.10. The Bertz CT molecular complexity index is 590. The smallest absolute Gasteiger partial charge is 0.153 e. The van der Waals surface area contributed by atoms with Gasteiger partial charge in [-0.3, -0.25) is 5.10 Å². The predicted molar refractivity (Wildman–Crippen MR) is 79.7 cm³/mol. The summed E-state index contributed by atoms with van der Waals surface area (Å²) in [6, 6.07) is 2.11. The van der Waals surface area contributed by atoms with E-state index in [1.807, 2.05) is 24.7 Å². The van der Waals surface area contributed by atoms with Gasteiger partial charge in [-0.1, -0.05) is 0 Å². The van der Waals surface area contributed by atoms with Crippen LogP contribution in [0, 0.1) is 12.8 Å². The van der Waals surface area contributed by atoms with Gasteiger partial charge in [-0.25, -0.2) is 4.98 Å². The second-order valence-corrected chi connectivity index (χ2v) is 6.09. The lowest BCUT2D eigenvalue weighted by Crippen LogP contribution is -2.27. The maximum atomic E-state index is 10.2. The van der Waals surface area contributed by atoms with E-state index in [9.17, 15) is 5.11 Å². The molecule has 0 amide bonds.